The van der Waals surface area contributed by atoms with Gasteiger partial charge in [0.05, 0.1) is 11.6 Å². The Bertz CT molecular complexity index is 493. The zero-order valence-electron chi connectivity index (χ0n) is 8.37. The maximum Gasteiger partial charge on any atom is 0.169 e. The zero-order valence-corrected chi connectivity index (χ0v) is 11.7. The third-order valence-corrected chi connectivity index (χ3v) is 3.05. The van der Waals surface area contributed by atoms with Gasteiger partial charge in [-0.15, -0.1) is 9.24 Å². The Balaban J connectivity index is 2.53. The van der Waals surface area contributed by atoms with E-state index in [9.17, 15) is 0 Å². The third-order valence-electron chi connectivity index (χ3n) is 2.24. The topological polar surface area (TPSA) is 42.2 Å². The molecular weight excluding hydrogens is 336 g/mol. The van der Waals surface area contributed by atoms with Crippen LogP contribution in [0.1, 0.15) is 5.56 Å². The van der Waals surface area contributed by atoms with Crippen molar-refractivity contribution in [1.29, 1.82) is 5.26 Å². The Morgan fingerprint density at radius 2 is 2.38 bits per heavy atom. The van der Waals surface area contributed by atoms with Crippen molar-refractivity contribution in [2.24, 2.45) is 0 Å². The van der Waals surface area contributed by atoms with Crippen LogP contribution in [0.3, 0.4) is 0 Å². The minimum Gasteiger partial charge on any atom is -0.484 e. The van der Waals surface area contributed by atoms with E-state index in [1.54, 1.807) is 0 Å². The van der Waals surface area contributed by atoms with Crippen LogP contribution in [0.4, 0.5) is 0 Å². The van der Waals surface area contributed by atoms with Crippen LogP contribution in [0.5, 0.6) is 11.5 Å². The quantitative estimate of drug-likeness (QED) is 0.469. The van der Waals surface area contributed by atoms with Crippen molar-refractivity contribution in [3.63, 3.8) is 0 Å². The summed E-state index contributed by atoms with van der Waals surface area (Å²) in [4.78, 5) is 0. The molecule has 1 aromatic rings. The highest BCUT2D eigenvalue weighted by Gasteiger charge is 2.18. The van der Waals surface area contributed by atoms with Gasteiger partial charge in [0, 0.05) is 5.56 Å². The van der Waals surface area contributed by atoms with Gasteiger partial charge in [-0.05, 0) is 40.0 Å². The normalized spacial score (nSPS) is 13.2. The fourth-order valence-electron chi connectivity index (χ4n) is 1.50. The van der Waals surface area contributed by atoms with Gasteiger partial charge in [-0.25, -0.2) is 0 Å². The summed E-state index contributed by atoms with van der Waals surface area (Å²) in [5.74, 6) is 1.45. The van der Waals surface area contributed by atoms with Crippen molar-refractivity contribution in [3.05, 3.63) is 23.3 Å². The predicted octanol–water partition coefficient (Wildman–Crippen LogP) is 2.26. The van der Waals surface area contributed by atoms with Crippen LogP contribution in [-0.2, 0) is 0 Å². The van der Waals surface area contributed by atoms with Crippen LogP contribution < -0.4 is 14.8 Å². The van der Waals surface area contributed by atoms with E-state index in [0.29, 0.717) is 16.8 Å². The molecule has 1 aliphatic rings. The summed E-state index contributed by atoms with van der Waals surface area (Å²) in [5, 5.41) is 9.85. The van der Waals surface area contributed by atoms with Crippen molar-refractivity contribution >= 4 is 43.2 Å². The molecule has 0 saturated heterocycles. The second-order valence-electron chi connectivity index (χ2n) is 3.22. The average Bonchev–Trinajstić information content (AvgIpc) is 2.33. The lowest BCUT2D eigenvalue weighted by Gasteiger charge is -2.19. The van der Waals surface area contributed by atoms with E-state index in [1.807, 2.05) is 18.2 Å². The zero-order chi connectivity index (χ0) is 11.5. The molecule has 0 fully saturated rings. The number of ether oxygens (including phenoxy) is 2. The smallest absolute Gasteiger partial charge is 0.169 e. The first-order valence-corrected chi connectivity index (χ1v) is 6.71. The summed E-state index contributed by atoms with van der Waals surface area (Å²) >= 11 is 2.14. The minimum atomic E-state index is 0.315. The predicted molar refractivity (Wildman–Crippen MR) is 74.4 cm³/mol. The van der Waals surface area contributed by atoms with Gasteiger partial charge >= 0.3 is 0 Å². The summed E-state index contributed by atoms with van der Waals surface area (Å²) in [6, 6.07) is 5.92. The van der Waals surface area contributed by atoms with Crippen molar-refractivity contribution < 1.29 is 9.47 Å². The van der Waals surface area contributed by atoms with E-state index in [-0.39, 0.29) is 0 Å². The maximum absolute atomic E-state index is 8.84. The molecule has 0 spiro atoms. The van der Waals surface area contributed by atoms with Gasteiger partial charge in [-0.2, -0.15) is 5.26 Å². The van der Waals surface area contributed by atoms with E-state index in [2.05, 4.69) is 37.9 Å². The van der Waals surface area contributed by atoms with Crippen molar-refractivity contribution in [2.75, 3.05) is 11.2 Å². The highest BCUT2D eigenvalue weighted by molar-refractivity contribution is 14.1. The summed E-state index contributed by atoms with van der Waals surface area (Å²) in [5.41, 5.74) is 1.54. The third kappa shape index (κ3) is 2.16. The molecule has 1 atom stereocenters. The fourth-order valence-corrected chi connectivity index (χ4v) is 2.14. The van der Waals surface area contributed by atoms with Gasteiger partial charge in [-0.3, -0.25) is 0 Å². The monoisotopic (exact) mass is 345 g/mol. The van der Waals surface area contributed by atoms with Crippen LogP contribution in [-0.4, -0.2) is 11.2 Å². The highest BCUT2D eigenvalue weighted by Crippen LogP contribution is 2.35. The van der Waals surface area contributed by atoms with Crippen molar-refractivity contribution in [3.8, 4) is 17.6 Å². The lowest BCUT2D eigenvalue weighted by atomic mass is 10.1. The molecule has 0 saturated carbocycles. The Labute approximate surface area is 110 Å². The Morgan fingerprint density at radius 1 is 1.56 bits per heavy atom. The van der Waals surface area contributed by atoms with Crippen LogP contribution in [0.2, 0.25) is 0 Å². The van der Waals surface area contributed by atoms with E-state index in [4.69, 9.17) is 14.7 Å². The number of fused-ring (bicyclic) bond motifs is 1. The van der Waals surface area contributed by atoms with Gasteiger partial charge in [0.1, 0.15) is 11.2 Å². The summed E-state index contributed by atoms with van der Waals surface area (Å²) in [6.07, 6.45) is 1.85. The molecule has 16 heavy (non-hydrogen) atoms. The van der Waals surface area contributed by atoms with Gasteiger partial charge in [-0.1, -0.05) is 6.07 Å². The average molecular weight is 345 g/mol. The molecule has 0 radical (unpaired) electrons. The number of nitriles is 1. The van der Waals surface area contributed by atoms with Crippen molar-refractivity contribution in [2.45, 2.75) is 0 Å². The Hall–Kier alpha value is -0.790. The lowest BCUT2D eigenvalue weighted by molar-refractivity contribution is 0.316. The molecule has 0 aliphatic carbocycles. The van der Waals surface area contributed by atoms with Gasteiger partial charge in [0.2, 0.25) is 0 Å². The first kappa shape index (κ1) is 11.7. The molecule has 0 bridgehead atoms. The molecule has 5 heteroatoms. The molecule has 1 unspecified atom stereocenters. The maximum atomic E-state index is 8.84. The van der Waals surface area contributed by atoms with E-state index in [1.165, 1.54) is 0 Å². The van der Waals surface area contributed by atoms with Crippen LogP contribution >= 0.6 is 31.8 Å². The Morgan fingerprint density at radius 3 is 3.06 bits per heavy atom. The second-order valence-corrected chi connectivity index (χ2v) is 4.46. The van der Waals surface area contributed by atoms with Crippen LogP contribution in [0, 0.1) is 11.3 Å². The summed E-state index contributed by atoms with van der Waals surface area (Å²) in [7, 11) is 2.63. The molecule has 3 nitrogen and oxygen atoms in total. The molecule has 1 aliphatic heterocycles. The molecule has 1 aromatic carbocycles. The van der Waals surface area contributed by atoms with Crippen LogP contribution in [0.25, 0.3) is 6.08 Å². The van der Waals surface area contributed by atoms with Crippen LogP contribution in [0.15, 0.2) is 17.7 Å². The molecular formula is C11H9INO2P. The standard InChI is InChI=1S/C11H9INO2P/c12-6-15-9-1-2-10(16)8-3-7(4-13)5-14-11(8)9/h1-3H,5-6,16H2. The van der Waals surface area contributed by atoms with Crippen molar-refractivity contribution in [1.82, 2.24) is 0 Å². The lowest BCUT2D eigenvalue weighted by Crippen LogP contribution is -2.12. The molecule has 2 rings (SSSR count). The first-order valence-electron chi connectivity index (χ1n) is 4.61. The van der Waals surface area contributed by atoms with E-state index < -0.39 is 0 Å². The number of halogens is 1. The largest absolute Gasteiger partial charge is 0.484 e. The number of nitrogens with zero attached hydrogens (tertiary/aromatic N) is 1. The van der Waals surface area contributed by atoms with Gasteiger partial charge < -0.3 is 9.47 Å². The van der Waals surface area contributed by atoms with E-state index in [0.717, 1.165) is 22.4 Å². The summed E-state index contributed by atoms with van der Waals surface area (Å²) in [6.45, 7) is 0.315. The number of hydrogen-bond donors (Lipinski definition) is 0. The molecule has 0 amide bonds. The number of benzene rings is 1. The molecule has 1 heterocycles. The SMILES string of the molecule is N#CC1=Cc2c(P)ccc(OCI)c2OC1. The highest BCUT2D eigenvalue weighted by atomic mass is 127. The number of hydrogen-bond acceptors (Lipinski definition) is 3. The molecule has 0 N–H and O–H groups in total. The van der Waals surface area contributed by atoms with E-state index >= 15 is 0 Å². The number of rotatable bonds is 2. The second kappa shape index (κ2) is 5.03. The fraction of sp³-hybridized carbons (Fsp3) is 0.182. The van der Waals surface area contributed by atoms with Gasteiger partial charge in [0.15, 0.2) is 11.5 Å². The number of alkyl halides is 1. The Kier molecular flexibility index (Phi) is 3.67. The minimum absolute atomic E-state index is 0.315. The first-order chi connectivity index (χ1) is 7.76. The molecule has 82 valence electrons. The van der Waals surface area contributed by atoms with Gasteiger partial charge in [0.25, 0.3) is 0 Å². The summed E-state index contributed by atoms with van der Waals surface area (Å²) < 4.78 is 11.6. The molecule has 0 aromatic heterocycles.